The van der Waals surface area contributed by atoms with E-state index in [9.17, 15) is 17.6 Å². The third-order valence-corrected chi connectivity index (χ3v) is 6.25. The lowest BCUT2D eigenvalue weighted by atomic mass is 10.2. The number of hydrogen-bond donors (Lipinski definition) is 1. The Hall–Kier alpha value is -2.42. The molecular weight excluding hydrogens is 409 g/mol. The van der Waals surface area contributed by atoms with Crippen LogP contribution < -0.4 is 5.32 Å². The number of amides is 1. The second kappa shape index (κ2) is 9.16. The van der Waals surface area contributed by atoms with Crippen LogP contribution in [-0.4, -0.2) is 35.9 Å². The number of alkyl carbamates (subject to hydrolysis) is 1. The van der Waals surface area contributed by atoms with Gasteiger partial charge in [-0.2, -0.15) is 5.10 Å². The maximum Gasteiger partial charge on any atom is 0.407 e. The first-order valence-electron chi connectivity index (χ1n) is 9.97. The molecule has 0 bridgehead atoms. The first-order valence-corrected chi connectivity index (χ1v) is 11.5. The van der Waals surface area contributed by atoms with E-state index < -0.39 is 27.3 Å². The number of sulfone groups is 1. The molecule has 166 valence electrons. The Labute approximate surface area is 177 Å². The quantitative estimate of drug-likeness (QED) is 0.661. The van der Waals surface area contributed by atoms with Crippen LogP contribution in [0.25, 0.3) is 0 Å². The van der Waals surface area contributed by atoms with Crippen LogP contribution in [-0.2, 0) is 34.0 Å². The largest absolute Gasteiger partial charge is 0.444 e. The van der Waals surface area contributed by atoms with Gasteiger partial charge in [-0.1, -0.05) is 13.8 Å². The first-order chi connectivity index (χ1) is 13.9. The topological polar surface area (TPSA) is 90.3 Å². The van der Waals surface area contributed by atoms with E-state index in [-0.39, 0.29) is 22.4 Å². The Morgan fingerprint density at radius 3 is 2.30 bits per heavy atom. The van der Waals surface area contributed by atoms with Crippen LogP contribution in [0.1, 0.15) is 52.9 Å². The molecule has 7 nitrogen and oxygen atoms in total. The molecule has 30 heavy (non-hydrogen) atoms. The summed E-state index contributed by atoms with van der Waals surface area (Å²) in [5, 5.41) is 7.25. The molecule has 0 aliphatic carbocycles. The Bertz CT molecular complexity index is 992. The monoisotopic (exact) mass is 439 g/mol. The summed E-state index contributed by atoms with van der Waals surface area (Å²) in [4.78, 5) is 12.2. The molecule has 1 atom stereocenters. The summed E-state index contributed by atoms with van der Waals surface area (Å²) in [6, 6.07) is 4.43. The molecule has 0 aliphatic rings. The smallest absolute Gasteiger partial charge is 0.407 e. The van der Waals surface area contributed by atoms with Gasteiger partial charge in [0.05, 0.1) is 22.8 Å². The predicted octanol–water partition coefficient (Wildman–Crippen LogP) is 3.89. The maximum atomic E-state index is 13.3. The molecule has 1 aromatic carbocycles. The highest BCUT2D eigenvalue weighted by Crippen LogP contribution is 2.29. The van der Waals surface area contributed by atoms with Crippen molar-refractivity contribution in [1.82, 2.24) is 15.1 Å². The molecule has 0 radical (unpaired) electrons. The van der Waals surface area contributed by atoms with Crippen molar-refractivity contribution in [1.29, 1.82) is 0 Å². The summed E-state index contributed by atoms with van der Waals surface area (Å²) in [6.07, 6.45) is 0.307. The Morgan fingerprint density at radius 1 is 1.20 bits per heavy atom. The standard InChI is InChI=1S/C21H30FN3O4S/c1-7-17-19(30(27,28)16-11-9-15(22)10-12-16)18(8-2)25(24-17)13-14(3)23-20(26)29-21(4,5)6/h9-12,14H,7-8,13H2,1-6H3,(H,23,26)/t14-/m0/s1. The van der Waals surface area contributed by atoms with Crippen LogP contribution >= 0.6 is 0 Å². The molecule has 2 rings (SSSR count). The summed E-state index contributed by atoms with van der Waals surface area (Å²) in [6.45, 7) is 11.1. The summed E-state index contributed by atoms with van der Waals surface area (Å²) < 4.78 is 46.7. The van der Waals surface area contributed by atoms with E-state index in [0.717, 1.165) is 12.1 Å². The minimum Gasteiger partial charge on any atom is -0.444 e. The predicted molar refractivity (Wildman–Crippen MR) is 112 cm³/mol. The van der Waals surface area contributed by atoms with Gasteiger partial charge in [0.15, 0.2) is 0 Å². The second-order valence-corrected chi connectivity index (χ2v) is 10.0. The number of aromatic nitrogens is 2. The third-order valence-electron chi connectivity index (χ3n) is 4.35. The fraction of sp³-hybridized carbons (Fsp3) is 0.524. The fourth-order valence-corrected chi connectivity index (χ4v) is 4.90. The third kappa shape index (κ3) is 5.59. The number of rotatable bonds is 7. The van der Waals surface area contributed by atoms with E-state index >= 15 is 0 Å². The number of aryl methyl sites for hydroxylation is 1. The molecule has 0 saturated heterocycles. The molecule has 0 fully saturated rings. The molecule has 1 amide bonds. The number of benzene rings is 1. The number of halogens is 1. The van der Waals surface area contributed by atoms with Crippen LogP contribution in [0.4, 0.5) is 9.18 Å². The number of ether oxygens (including phenoxy) is 1. The summed E-state index contributed by atoms with van der Waals surface area (Å²) in [5.74, 6) is -0.502. The second-order valence-electron chi connectivity index (χ2n) is 8.12. The lowest BCUT2D eigenvalue weighted by Crippen LogP contribution is -2.40. The van der Waals surface area contributed by atoms with Crippen molar-refractivity contribution >= 4 is 15.9 Å². The van der Waals surface area contributed by atoms with E-state index in [4.69, 9.17) is 4.74 Å². The van der Waals surface area contributed by atoms with E-state index in [1.165, 1.54) is 12.1 Å². The average molecular weight is 440 g/mol. The highest BCUT2D eigenvalue weighted by molar-refractivity contribution is 7.91. The molecule has 9 heteroatoms. The fourth-order valence-electron chi connectivity index (χ4n) is 3.12. The van der Waals surface area contributed by atoms with Gasteiger partial charge in [0.1, 0.15) is 16.3 Å². The van der Waals surface area contributed by atoms with Crippen molar-refractivity contribution < 1.29 is 22.3 Å². The molecule has 0 aliphatic heterocycles. The lowest BCUT2D eigenvalue weighted by Gasteiger charge is -2.22. The van der Waals surface area contributed by atoms with E-state index in [1.807, 2.05) is 13.8 Å². The van der Waals surface area contributed by atoms with Gasteiger partial charge < -0.3 is 10.1 Å². The minimum atomic E-state index is -3.87. The summed E-state index contributed by atoms with van der Waals surface area (Å²) in [5.41, 5.74) is 0.380. The van der Waals surface area contributed by atoms with E-state index in [0.29, 0.717) is 24.2 Å². The van der Waals surface area contributed by atoms with Crippen LogP contribution in [0.15, 0.2) is 34.1 Å². The molecule has 0 saturated carbocycles. The number of hydrogen-bond acceptors (Lipinski definition) is 5. The summed E-state index contributed by atoms with van der Waals surface area (Å²) >= 11 is 0. The Morgan fingerprint density at radius 2 is 1.80 bits per heavy atom. The van der Waals surface area contributed by atoms with Gasteiger partial charge in [0, 0.05) is 6.04 Å². The zero-order chi connectivity index (χ0) is 22.7. The van der Waals surface area contributed by atoms with Gasteiger partial charge in [-0.05, 0) is 64.8 Å². The highest BCUT2D eigenvalue weighted by atomic mass is 32.2. The van der Waals surface area contributed by atoms with Gasteiger partial charge in [-0.3, -0.25) is 4.68 Å². The van der Waals surface area contributed by atoms with Gasteiger partial charge in [-0.25, -0.2) is 17.6 Å². The van der Waals surface area contributed by atoms with Crippen molar-refractivity contribution in [3.63, 3.8) is 0 Å². The van der Waals surface area contributed by atoms with Crippen molar-refractivity contribution in [2.24, 2.45) is 0 Å². The number of nitrogens with zero attached hydrogens (tertiary/aromatic N) is 2. The number of nitrogens with one attached hydrogen (secondary N) is 1. The molecule has 1 aromatic heterocycles. The Balaban J connectivity index is 2.37. The zero-order valence-electron chi connectivity index (χ0n) is 18.3. The molecule has 0 unspecified atom stereocenters. The van der Waals surface area contributed by atoms with Crippen molar-refractivity contribution in [3.05, 3.63) is 41.5 Å². The molecule has 1 N–H and O–H groups in total. The van der Waals surface area contributed by atoms with Crippen LogP contribution in [0.5, 0.6) is 0 Å². The number of carbonyl (C=O) groups is 1. The zero-order valence-corrected chi connectivity index (χ0v) is 19.1. The first kappa shape index (κ1) is 23.9. The Kier molecular flexibility index (Phi) is 7.28. The van der Waals surface area contributed by atoms with Crippen molar-refractivity contribution in [3.8, 4) is 0 Å². The lowest BCUT2D eigenvalue weighted by molar-refractivity contribution is 0.0503. The molecule has 2 aromatic rings. The van der Waals surface area contributed by atoms with Crippen LogP contribution in [0.2, 0.25) is 0 Å². The molecular formula is C21H30FN3O4S. The van der Waals surface area contributed by atoms with Crippen molar-refractivity contribution in [2.45, 2.75) is 82.4 Å². The maximum absolute atomic E-state index is 13.3. The van der Waals surface area contributed by atoms with Crippen molar-refractivity contribution in [2.75, 3.05) is 0 Å². The van der Waals surface area contributed by atoms with Gasteiger partial charge in [0.25, 0.3) is 0 Å². The van der Waals surface area contributed by atoms with E-state index in [1.54, 1.807) is 32.4 Å². The molecule has 1 heterocycles. The van der Waals surface area contributed by atoms with Gasteiger partial charge in [0.2, 0.25) is 9.84 Å². The summed E-state index contributed by atoms with van der Waals surface area (Å²) in [7, 11) is -3.87. The normalized spacial score (nSPS) is 13.2. The van der Waals surface area contributed by atoms with E-state index in [2.05, 4.69) is 10.4 Å². The minimum absolute atomic E-state index is 0.0211. The van der Waals surface area contributed by atoms with Crippen LogP contribution in [0.3, 0.4) is 0 Å². The van der Waals surface area contributed by atoms with Crippen LogP contribution in [0, 0.1) is 5.82 Å². The van der Waals surface area contributed by atoms with Gasteiger partial charge in [-0.15, -0.1) is 0 Å². The molecule has 0 spiro atoms. The van der Waals surface area contributed by atoms with Gasteiger partial charge >= 0.3 is 6.09 Å². The average Bonchev–Trinajstić information content (AvgIpc) is 2.98. The highest BCUT2D eigenvalue weighted by Gasteiger charge is 2.29. The SMILES string of the molecule is CCc1nn(C[C@H](C)NC(=O)OC(C)(C)C)c(CC)c1S(=O)(=O)c1ccc(F)cc1. The number of carbonyl (C=O) groups excluding carboxylic acids is 1.